The molecule has 1 amide bonds. The zero-order chi connectivity index (χ0) is 17.0. The summed E-state index contributed by atoms with van der Waals surface area (Å²) in [5, 5.41) is 16.3. The van der Waals surface area contributed by atoms with Crippen LogP contribution >= 0.6 is 11.6 Å². The maximum atomic E-state index is 12.9. The van der Waals surface area contributed by atoms with Gasteiger partial charge in [0, 0.05) is 17.8 Å². The van der Waals surface area contributed by atoms with Gasteiger partial charge in [-0.25, -0.2) is 4.39 Å². The van der Waals surface area contributed by atoms with Gasteiger partial charge in [0.2, 0.25) is 5.91 Å². The highest BCUT2D eigenvalue weighted by atomic mass is 35.5. The Balaban J connectivity index is 1.98. The number of nitro benzene ring substituents is 1. The molecule has 6 nitrogen and oxygen atoms in total. The van der Waals surface area contributed by atoms with Crippen LogP contribution in [0, 0.1) is 22.9 Å². The number of rotatable bonds is 5. The van der Waals surface area contributed by atoms with Crippen molar-refractivity contribution < 1.29 is 14.1 Å². The number of nitro groups is 1. The molecule has 2 rings (SSSR count). The molecule has 2 N–H and O–H groups in total. The Morgan fingerprint density at radius 3 is 2.57 bits per heavy atom. The lowest BCUT2D eigenvalue weighted by atomic mass is 10.2. The standard InChI is InChI=1S/C15H13ClFN3O3/c1-9-6-11(20(22)23)3-5-13(9)19-15(21)8-18-14-4-2-10(17)7-12(14)16/h2-7,18H,8H2,1H3,(H,19,21). The fourth-order valence-electron chi connectivity index (χ4n) is 1.90. The number of nitrogens with one attached hydrogen (secondary N) is 2. The molecule has 0 aromatic heterocycles. The van der Waals surface area contributed by atoms with Crippen LogP contribution in [0.25, 0.3) is 0 Å². The van der Waals surface area contributed by atoms with E-state index in [1.807, 2.05) is 0 Å². The van der Waals surface area contributed by atoms with Gasteiger partial charge in [-0.05, 0) is 36.8 Å². The fraction of sp³-hybridized carbons (Fsp3) is 0.133. The Hall–Kier alpha value is -2.67. The van der Waals surface area contributed by atoms with Gasteiger partial charge >= 0.3 is 0 Å². The van der Waals surface area contributed by atoms with E-state index in [2.05, 4.69) is 10.6 Å². The van der Waals surface area contributed by atoms with Crippen LogP contribution in [0.4, 0.5) is 21.5 Å². The topological polar surface area (TPSA) is 84.3 Å². The van der Waals surface area contributed by atoms with Gasteiger partial charge in [0.1, 0.15) is 5.82 Å². The van der Waals surface area contributed by atoms with Crippen molar-refractivity contribution in [3.05, 3.63) is 62.9 Å². The van der Waals surface area contributed by atoms with Gasteiger partial charge in [-0.1, -0.05) is 11.6 Å². The Labute approximate surface area is 136 Å². The molecule has 0 unspecified atom stereocenters. The predicted octanol–water partition coefficient (Wildman–Crippen LogP) is 3.75. The molecule has 0 fully saturated rings. The number of carbonyl (C=O) groups excluding carboxylic acids is 1. The maximum absolute atomic E-state index is 12.9. The molecule has 0 radical (unpaired) electrons. The largest absolute Gasteiger partial charge is 0.375 e. The molecule has 0 bridgehead atoms. The van der Waals surface area contributed by atoms with Crippen molar-refractivity contribution in [1.29, 1.82) is 0 Å². The van der Waals surface area contributed by atoms with Crippen molar-refractivity contribution in [3.63, 3.8) is 0 Å². The number of aryl methyl sites for hydroxylation is 1. The highest BCUT2D eigenvalue weighted by Crippen LogP contribution is 2.23. The number of carbonyl (C=O) groups is 1. The molecular formula is C15H13ClFN3O3. The van der Waals surface area contributed by atoms with Crippen LogP contribution in [0.5, 0.6) is 0 Å². The van der Waals surface area contributed by atoms with Gasteiger partial charge in [-0.15, -0.1) is 0 Å². The molecule has 0 spiro atoms. The van der Waals surface area contributed by atoms with Crippen LogP contribution < -0.4 is 10.6 Å². The van der Waals surface area contributed by atoms with Crippen molar-refractivity contribution in [1.82, 2.24) is 0 Å². The first kappa shape index (κ1) is 16.7. The summed E-state index contributed by atoms with van der Waals surface area (Å²) in [6, 6.07) is 7.96. The van der Waals surface area contributed by atoms with E-state index in [1.165, 1.54) is 30.3 Å². The number of halogens is 2. The summed E-state index contributed by atoms with van der Waals surface area (Å²) in [6.45, 7) is 1.58. The summed E-state index contributed by atoms with van der Waals surface area (Å²) in [7, 11) is 0. The molecule has 0 atom stereocenters. The van der Waals surface area contributed by atoms with Crippen LogP contribution in [0.3, 0.4) is 0 Å². The molecule has 120 valence electrons. The molecule has 23 heavy (non-hydrogen) atoms. The van der Waals surface area contributed by atoms with E-state index >= 15 is 0 Å². The number of nitrogens with zero attached hydrogens (tertiary/aromatic N) is 1. The molecule has 0 aliphatic carbocycles. The van der Waals surface area contributed by atoms with E-state index in [0.717, 1.165) is 6.07 Å². The average Bonchev–Trinajstić information content (AvgIpc) is 2.48. The lowest BCUT2D eigenvalue weighted by Crippen LogP contribution is -2.22. The fourth-order valence-corrected chi connectivity index (χ4v) is 2.14. The van der Waals surface area contributed by atoms with Crippen molar-refractivity contribution in [3.8, 4) is 0 Å². The Morgan fingerprint density at radius 1 is 1.26 bits per heavy atom. The molecular weight excluding hydrogens is 325 g/mol. The van der Waals surface area contributed by atoms with E-state index in [-0.39, 0.29) is 23.2 Å². The zero-order valence-corrected chi connectivity index (χ0v) is 12.9. The summed E-state index contributed by atoms with van der Waals surface area (Å²) >= 11 is 5.85. The molecule has 2 aromatic carbocycles. The number of hydrogen-bond acceptors (Lipinski definition) is 4. The van der Waals surface area contributed by atoms with Crippen LogP contribution in [0.15, 0.2) is 36.4 Å². The molecule has 0 aliphatic heterocycles. The molecule has 8 heteroatoms. The van der Waals surface area contributed by atoms with Crippen LogP contribution in [-0.4, -0.2) is 17.4 Å². The molecule has 0 heterocycles. The zero-order valence-electron chi connectivity index (χ0n) is 12.1. The lowest BCUT2D eigenvalue weighted by molar-refractivity contribution is -0.384. The van der Waals surface area contributed by atoms with Crippen molar-refractivity contribution in [2.45, 2.75) is 6.92 Å². The molecule has 0 saturated heterocycles. The van der Waals surface area contributed by atoms with Crippen LogP contribution in [0.2, 0.25) is 5.02 Å². The van der Waals surface area contributed by atoms with E-state index in [0.29, 0.717) is 16.9 Å². The minimum Gasteiger partial charge on any atom is -0.375 e. The molecule has 2 aromatic rings. The summed E-state index contributed by atoms with van der Waals surface area (Å²) in [4.78, 5) is 22.1. The molecule has 0 saturated carbocycles. The summed E-state index contributed by atoms with van der Waals surface area (Å²) in [5.41, 5.74) is 1.44. The smallest absolute Gasteiger partial charge is 0.269 e. The summed E-state index contributed by atoms with van der Waals surface area (Å²) in [5.74, 6) is -0.825. The lowest BCUT2D eigenvalue weighted by Gasteiger charge is -2.10. The second-order valence-corrected chi connectivity index (χ2v) is 5.19. The highest BCUT2D eigenvalue weighted by Gasteiger charge is 2.10. The third-order valence-corrected chi connectivity index (χ3v) is 3.38. The first-order chi connectivity index (χ1) is 10.9. The quantitative estimate of drug-likeness (QED) is 0.643. The second-order valence-electron chi connectivity index (χ2n) is 4.78. The number of non-ortho nitro benzene ring substituents is 1. The maximum Gasteiger partial charge on any atom is 0.269 e. The minimum absolute atomic E-state index is 0.0447. The number of benzene rings is 2. The van der Waals surface area contributed by atoms with E-state index in [1.54, 1.807) is 6.92 Å². The van der Waals surface area contributed by atoms with Crippen molar-refractivity contribution >= 4 is 34.6 Å². The first-order valence-electron chi connectivity index (χ1n) is 6.60. The van der Waals surface area contributed by atoms with Gasteiger partial charge in [0.05, 0.1) is 22.2 Å². The SMILES string of the molecule is Cc1cc([N+](=O)[O-])ccc1NC(=O)CNc1ccc(F)cc1Cl. The number of anilines is 2. The first-order valence-corrected chi connectivity index (χ1v) is 6.98. The van der Waals surface area contributed by atoms with E-state index in [9.17, 15) is 19.3 Å². The Bertz CT molecular complexity index is 768. The number of hydrogen-bond donors (Lipinski definition) is 2. The van der Waals surface area contributed by atoms with Crippen molar-refractivity contribution in [2.75, 3.05) is 17.2 Å². The summed E-state index contributed by atoms with van der Waals surface area (Å²) < 4.78 is 12.9. The molecule has 0 aliphatic rings. The van der Waals surface area contributed by atoms with Gasteiger partial charge in [-0.3, -0.25) is 14.9 Å². The van der Waals surface area contributed by atoms with Gasteiger partial charge < -0.3 is 10.6 Å². The van der Waals surface area contributed by atoms with Gasteiger partial charge in [0.15, 0.2) is 0 Å². The Morgan fingerprint density at radius 2 is 1.96 bits per heavy atom. The van der Waals surface area contributed by atoms with Crippen molar-refractivity contribution in [2.24, 2.45) is 0 Å². The third-order valence-electron chi connectivity index (χ3n) is 3.07. The van der Waals surface area contributed by atoms with Gasteiger partial charge in [0.25, 0.3) is 5.69 Å². The number of amides is 1. The average molecular weight is 338 g/mol. The monoisotopic (exact) mass is 337 g/mol. The third kappa shape index (κ3) is 4.40. The van der Waals surface area contributed by atoms with Crippen LogP contribution in [0.1, 0.15) is 5.56 Å². The normalized spacial score (nSPS) is 10.2. The van der Waals surface area contributed by atoms with Gasteiger partial charge in [-0.2, -0.15) is 0 Å². The minimum atomic E-state index is -0.503. The van der Waals surface area contributed by atoms with Crippen LogP contribution in [-0.2, 0) is 4.79 Å². The highest BCUT2D eigenvalue weighted by molar-refractivity contribution is 6.33. The Kier molecular flexibility index (Phi) is 5.13. The van der Waals surface area contributed by atoms with E-state index in [4.69, 9.17) is 11.6 Å². The second kappa shape index (κ2) is 7.06. The predicted molar refractivity (Wildman–Crippen MR) is 86.4 cm³/mol. The summed E-state index contributed by atoms with van der Waals surface area (Å²) in [6.07, 6.45) is 0. The van der Waals surface area contributed by atoms with E-state index < -0.39 is 10.7 Å².